The fourth-order valence-corrected chi connectivity index (χ4v) is 6.09. The van der Waals surface area contributed by atoms with Crippen LogP contribution in [0.4, 0.5) is 4.39 Å². The van der Waals surface area contributed by atoms with E-state index in [0.29, 0.717) is 31.5 Å². The van der Waals surface area contributed by atoms with E-state index < -0.39 is 21.8 Å². The highest BCUT2D eigenvalue weighted by Crippen LogP contribution is 2.30. The van der Waals surface area contributed by atoms with Crippen LogP contribution in [-0.4, -0.2) is 48.8 Å². The summed E-state index contributed by atoms with van der Waals surface area (Å²) in [5.41, 5.74) is 1.53. The zero-order valence-corrected chi connectivity index (χ0v) is 20.5. The summed E-state index contributed by atoms with van der Waals surface area (Å²) < 4.78 is 47.8. The molecule has 2 heterocycles. The number of hydrogen-bond donors (Lipinski definition) is 0. The Balaban J connectivity index is 1.52. The summed E-state index contributed by atoms with van der Waals surface area (Å²) in [7, 11) is -2.25. The van der Waals surface area contributed by atoms with Crippen LogP contribution >= 0.6 is 0 Å². The van der Waals surface area contributed by atoms with E-state index in [1.54, 1.807) is 37.1 Å². The second-order valence-electron chi connectivity index (χ2n) is 8.70. The number of aromatic nitrogens is 1. The monoisotopic (exact) mass is 497 g/mol. The van der Waals surface area contributed by atoms with Crippen molar-refractivity contribution in [2.75, 3.05) is 20.1 Å². The molecule has 7 nitrogen and oxygen atoms in total. The van der Waals surface area contributed by atoms with Gasteiger partial charge in [-0.1, -0.05) is 53.7 Å². The molecule has 0 unspecified atom stereocenters. The molecule has 184 valence electrons. The van der Waals surface area contributed by atoms with E-state index in [1.807, 2.05) is 30.3 Å². The number of amides is 1. The van der Waals surface area contributed by atoms with Gasteiger partial charge in [-0.3, -0.25) is 4.79 Å². The average molecular weight is 498 g/mol. The minimum absolute atomic E-state index is 0.0281. The van der Waals surface area contributed by atoms with Crippen LogP contribution in [0.5, 0.6) is 0 Å². The molecule has 1 aliphatic heterocycles. The van der Waals surface area contributed by atoms with Crippen molar-refractivity contribution in [1.29, 1.82) is 0 Å². The first-order valence-corrected chi connectivity index (χ1v) is 12.9. The molecule has 1 aliphatic rings. The van der Waals surface area contributed by atoms with Crippen molar-refractivity contribution >= 4 is 28.1 Å². The second kappa shape index (κ2) is 10.5. The number of piperidine rings is 1. The fourth-order valence-electron chi connectivity index (χ4n) is 4.31. The average Bonchev–Trinajstić information content (AvgIpc) is 3.24. The van der Waals surface area contributed by atoms with Gasteiger partial charge in [0, 0.05) is 32.2 Å². The highest BCUT2D eigenvalue weighted by Gasteiger charge is 2.37. The van der Waals surface area contributed by atoms with E-state index in [2.05, 4.69) is 5.16 Å². The number of rotatable bonds is 7. The molecule has 1 atom stereocenters. The molecule has 2 aromatic carbocycles. The van der Waals surface area contributed by atoms with Crippen molar-refractivity contribution in [3.05, 3.63) is 83.0 Å². The first-order valence-electron chi connectivity index (χ1n) is 11.5. The van der Waals surface area contributed by atoms with E-state index in [4.69, 9.17) is 4.52 Å². The lowest BCUT2D eigenvalue weighted by atomic mass is 9.98. The molecule has 0 spiro atoms. The molecule has 4 rings (SSSR count). The fraction of sp³-hybridized carbons (Fsp3) is 0.308. The maximum atomic E-state index is 14.0. The summed E-state index contributed by atoms with van der Waals surface area (Å²) in [6, 6.07) is 15.8. The van der Waals surface area contributed by atoms with Gasteiger partial charge in [0.2, 0.25) is 15.9 Å². The molecule has 35 heavy (non-hydrogen) atoms. The number of hydrogen-bond acceptors (Lipinski definition) is 5. The van der Waals surface area contributed by atoms with Crippen LogP contribution < -0.4 is 0 Å². The van der Waals surface area contributed by atoms with Crippen molar-refractivity contribution < 1.29 is 22.1 Å². The van der Waals surface area contributed by atoms with Crippen LogP contribution in [0.3, 0.4) is 0 Å². The molecule has 1 amide bonds. The predicted octanol–water partition coefficient (Wildman–Crippen LogP) is 4.35. The largest absolute Gasteiger partial charge is 0.355 e. The number of aryl methyl sites for hydroxylation is 1. The lowest BCUT2D eigenvalue weighted by molar-refractivity contribution is -0.135. The van der Waals surface area contributed by atoms with Crippen molar-refractivity contribution in [1.82, 2.24) is 14.4 Å². The van der Waals surface area contributed by atoms with Crippen molar-refractivity contribution in [3.63, 3.8) is 0 Å². The van der Waals surface area contributed by atoms with Gasteiger partial charge in [0.15, 0.2) is 10.7 Å². The smallest absolute Gasteiger partial charge is 0.248 e. The Morgan fingerprint density at radius 2 is 1.89 bits per heavy atom. The van der Waals surface area contributed by atoms with E-state index in [0.717, 1.165) is 5.56 Å². The summed E-state index contributed by atoms with van der Waals surface area (Å²) in [5, 5.41) is 3.84. The zero-order valence-electron chi connectivity index (χ0n) is 19.7. The third-order valence-electron chi connectivity index (χ3n) is 6.12. The standard InChI is InChI=1S/C26H28FN3O4S/c1-19-25(24(34-28-19)15-14-21-11-6-7-13-23(21)27)35(32,33)30-16-8-12-22(18-30)26(31)29(2)17-20-9-4-3-5-10-20/h3-7,9-11,13-15,22H,8,12,16-18H2,1-2H3/b15-14+/t22-/m1/s1. The number of halogens is 1. The Morgan fingerprint density at radius 1 is 1.17 bits per heavy atom. The maximum absolute atomic E-state index is 14.0. The van der Waals surface area contributed by atoms with E-state index in [9.17, 15) is 17.6 Å². The Labute approximate surface area is 204 Å². The highest BCUT2D eigenvalue weighted by molar-refractivity contribution is 7.89. The summed E-state index contributed by atoms with van der Waals surface area (Å²) in [6.45, 7) is 2.40. The van der Waals surface area contributed by atoms with E-state index in [-0.39, 0.29) is 28.8 Å². The van der Waals surface area contributed by atoms with Gasteiger partial charge in [0.05, 0.1) is 5.92 Å². The number of benzene rings is 2. The summed E-state index contributed by atoms with van der Waals surface area (Å²) >= 11 is 0. The minimum atomic E-state index is -3.98. The SMILES string of the molecule is Cc1noc(/C=C/c2ccccc2F)c1S(=O)(=O)N1CCC[C@@H](C(=O)N(C)Cc2ccccc2)C1. The molecule has 1 aromatic heterocycles. The number of carbonyl (C=O) groups is 1. The predicted molar refractivity (Wildman–Crippen MR) is 131 cm³/mol. The van der Waals surface area contributed by atoms with Crippen LogP contribution in [0, 0.1) is 18.7 Å². The van der Waals surface area contributed by atoms with E-state index >= 15 is 0 Å². The van der Waals surface area contributed by atoms with Gasteiger partial charge in [0.1, 0.15) is 11.5 Å². The molecule has 0 N–H and O–H groups in total. The third kappa shape index (κ3) is 5.52. The van der Waals surface area contributed by atoms with E-state index in [1.165, 1.54) is 22.5 Å². The van der Waals surface area contributed by atoms with Gasteiger partial charge in [-0.25, -0.2) is 12.8 Å². The molecular weight excluding hydrogens is 469 g/mol. The van der Waals surface area contributed by atoms with Crippen molar-refractivity contribution in [2.45, 2.75) is 31.2 Å². The lowest BCUT2D eigenvalue weighted by Gasteiger charge is -2.33. The van der Waals surface area contributed by atoms with Crippen LogP contribution in [0.1, 0.15) is 35.4 Å². The molecule has 0 aliphatic carbocycles. The molecule has 9 heteroatoms. The van der Waals surface area contributed by atoms with Gasteiger partial charge in [-0.2, -0.15) is 4.31 Å². The molecule has 3 aromatic rings. The first-order chi connectivity index (χ1) is 16.8. The first kappa shape index (κ1) is 24.8. The Morgan fingerprint density at radius 3 is 2.63 bits per heavy atom. The molecule has 0 bridgehead atoms. The normalized spacial score (nSPS) is 17.1. The van der Waals surface area contributed by atoms with Crippen molar-refractivity contribution in [3.8, 4) is 0 Å². The van der Waals surface area contributed by atoms with Gasteiger partial charge >= 0.3 is 0 Å². The highest BCUT2D eigenvalue weighted by atomic mass is 32.2. The topological polar surface area (TPSA) is 83.7 Å². The number of carbonyl (C=O) groups excluding carboxylic acids is 1. The van der Waals surface area contributed by atoms with Gasteiger partial charge in [-0.05, 0) is 43.5 Å². The van der Waals surface area contributed by atoms with Crippen LogP contribution in [0.25, 0.3) is 12.2 Å². The maximum Gasteiger partial charge on any atom is 0.248 e. The van der Waals surface area contributed by atoms with Crippen LogP contribution in [-0.2, 0) is 21.4 Å². The zero-order chi connectivity index (χ0) is 25.0. The van der Waals surface area contributed by atoms with Crippen molar-refractivity contribution in [2.24, 2.45) is 5.92 Å². The minimum Gasteiger partial charge on any atom is -0.355 e. The van der Waals surface area contributed by atoms with Crippen LogP contribution in [0.15, 0.2) is 64.0 Å². The molecule has 0 saturated carbocycles. The van der Waals surface area contributed by atoms with Gasteiger partial charge < -0.3 is 9.42 Å². The molecular formula is C26H28FN3O4S. The summed E-state index contributed by atoms with van der Waals surface area (Å²) in [4.78, 5) is 14.7. The van der Waals surface area contributed by atoms with Gasteiger partial charge in [0.25, 0.3) is 0 Å². The molecule has 0 radical (unpaired) electrons. The number of nitrogens with zero attached hydrogens (tertiary/aromatic N) is 3. The lowest BCUT2D eigenvalue weighted by Crippen LogP contribution is -2.45. The Hall–Kier alpha value is -3.30. The Kier molecular flexibility index (Phi) is 7.47. The quantitative estimate of drug-likeness (QED) is 0.485. The molecule has 1 fully saturated rings. The summed E-state index contributed by atoms with van der Waals surface area (Å²) in [6.07, 6.45) is 4.05. The van der Waals surface area contributed by atoms with Crippen LogP contribution in [0.2, 0.25) is 0 Å². The number of sulfonamides is 1. The summed E-state index contributed by atoms with van der Waals surface area (Å²) in [5.74, 6) is -0.929. The second-order valence-corrected chi connectivity index (χ2v) is 10.6. The third-order valence-corrected chi connectivity index (χ3v) is 8.15. The molecule has 1 saturated heterocycles. The Bertz CT molecular complexity index is 1320. The van der Waals surface area contributed by atoms with Gasteiger partial charge in [-0.15, -0.1) is 0 Å².